The molecule has 3 aliphatic rings. The van der Waals surface area contributed by atoms with Gasteiger partial charge in [0.15, 0.2) is 0 Å². The third-order valence-electron chi connectivity index (χ3n) is 5.52. The van der Waals surface area contributed by atoms with Gasteiger partial charge in [-0.05, 0) is 50.6 Å². The maximum atomic E-state index is 3.62. The summed E-state index contributed by atoms with van der Waals surface area (Å²) in [6, 6.07) is 1.80. The van der Waals surface area contributed by atoms with Crippen molar-refractivity contribution in [2.45, 2.75) is 64.0 Å². The molecule has 98 valence electrons. The average Bonchev–Trinajstić information content (AvgIpc) is 2.87. The van der Waals surface area contributed by atoms with Crippen LogP contribution in [0.5, 0.6) is 0 Å². The second-order valence-corrected chi connectivity index (χ2v) is 6.46. The summed E-state index contributed by atoms with van der Waals surface area (Å²) in [5.41, 5.74) is 0. The second kappa shape index (κ2) is 5.27. The van der Waals surface area contributed by atoms with Crippen molar-refractivity contribution >= 4 is 0 Å². The Kier molecular flexibility index (Phi) is 3.72. The van der Waals surface area contributed by atoms with Gasteiger partial charge in [0.2, 0.25) is 0 Å². The lowest BCUT2D eigenvalue weighted by Gasteiger charge is -2.45. The first kappa shape index (κ1) is 12.0. The van der Waals surface area contributed by atoms with E-state index in [1.165, 1.54) is 64.6 Å². The Morgan fingerprint density at radius 1 is 1.12 bits per heavy atom. The smallest absolute Gasteiger partial charge is 0.0263 e. The van der Waals surface area contributed by atoms with E-state index in [-0.39, 0.29) is 0 Å². The molecule has 1 N–H and O–H groups in total. The van der Waals surface area contributed by atoms with Crippen LogP contribution in [0.15, 0.2) is 0 Å². The fourth-order valence-electron chi connectivity index (χ4n) is 4.49. The minimum Gasteiger partial charge on any atom is -0.315 e. The molecule has 2 aliphatic heterocycles. The van der Waals surface area contributed by atoms with Gasteiger partial charge in [0.25, 0.3) is 0 Å². The third kappa shape index (κ3) is 2.39. The summed E-state index contributed by atoms with van der Waals surface area (Å²) in [6.07, 6.45) is 10.2. The molecule has 3 fully saturated rings. The summed E-state index contributed by atoms with van der Waals surface area (Å²) < 4.78 is 0. The van der Waals surface area contributed by atoms with Crippen LogP contribution in [-0.2, 0) is 0 Å². The van der Waals surface area contributed by atoms with E-state index in [0.29, 0.717) is 0 Å². The zero-order valence-corrected chi connectivity index (χ0v) is 11.3. The van der Waals surface area contributed by atoms with Gasteiger partial charge in [0.1, 0.15) is 0 Å². The number of fused-ring (bicyclic) bond motifs is 1. The van der Waals surface area contributed by atoms with E-state index in [9.17, 15) is 0 Å². The first-order valence-electron chi connectivity index (χ1n) is 7.85. The third-order valence-corrected chi connectivity index (χ3v) is 5.52. The van der Waals surface area contributed by atoms with Gasteiger partial charge in [-0.15, -0.1) is 0 Å². The molecule has 3 rings (SSSR count). The van der Waals surface area contributed by atoms with Gasteiger partial charge in [-0.3, -0.25) is 4.90 Å². The molecule has 0 radical (unpaired) electrons. The molecule has 1 saturated carbocycles. The molecule has 4 unspecified atom stereocenters. The van der Waals surface area contributed by atoms with Crippen LogP contribution >= 0.6 is 0 Å². The van der Waals surface area contributed by atoms with E-state index in [1.54, 1.807) is 0 Å². The Morgan fingerprint density at radius 2 is 2.06 bits per heavy atom. The monoisotopic (exact) mass is 236 g/mol. The van der Waals surface area contributed by atoms with E-state index >= 15 is 0 Å². The summed E-state index contributed by atoms with van der Waals surface area (Å²) in [6.45, 7) is 6.30. The maximum absolute atomic E-state index is 3.62. The molecule has 17 heavy (non-hydrogen) atoms. The largest absolute Gasteiger partial charge is 0.315 e. The van der Waals surface area contributed by atoms with Crippen molar-refractivity contribution < 1.29 is 0 Å². The predicted molar refractivity (Wildman–Crippen MR) is 72.1 cm³/mol. The van der Waals surface area contributed by atoms with E-state index in [1.807, 2.05) is 0 Å². The number of nitrogens with one attached hydrogen (secondary N) is 1. The lowest BCUT2D eigenvalue weighted by molar-refractivity contribution is 0.0452. The van der Waals surface area contributed by atoms with E-state index < -0.39 is 0 Å². The Labute approximate surface area is 106 Å². The van der Waals surface area contributed by atoms with Gasteiger partial charge in [-0.1, -0.05) is 26.2 Å². The maximum Gasteiger partial charge on any atom is 0.0263 e. The molecule has 0 aromatic carbocycles. The highest BCUT2D eigenvalue weighted by atomic mass is 15.2. The topological polar surface area (TPSA) is 15.3 Å². The highest BCUT2D eigenvalue weighted by Gasteiger charge is 2.39. The van der Waals surface area contributed by atoms with Crippen LogP contribution in [0, 0.1) is 11.8 Å². The number of likely N-dealkylation sites (tertiary alicyclic amines) is 1. The molecule has 4 atom stereocenters. The number of hydrogen-bond acceptors (Lipinski definition) is 2. The minimum atomic E-state index is 0.879. The molecule has 1 aliphatic carbocycles. The van der Waals surface area contributed by atoms with Crippen molar-refractivity contribution in [2.24, 2.45) is 11.8 Å². The van der Waals surface area contributed by atoms with Gasteiger partial charge in [0.05, 0.1) is 0 Å². The van der Waals surface area contributed by atoms with Crippen molar-refractivity contribution in [3.05, 3.63) is 0 Å². The van der Waals surface area contributed by atoms with Gasteiger partial charge >= 0.3 is 0 Å². The van der Waals surface area contributed by atoms with Crippen molar-refractivity contribution in [1.29, 1.82) is 0 Å². The Bertz CT molecular complexity index is 253. The van der Waals surface area contributed by atoms with Crippen LogP contribution in [0.2, 0.25) is 0 Å². The van der Waals surface area contributed by atoms with Crippen molar-refractivity contribution in [3.63, 3.8) is 0 Å². The molecule has 2 heteroatoms. The van der Waals surface area contributed by atoms with E-state index in [2.05, 4.69) is 17.1 Å². The van der Waals surface area contributed by atoms with Gasteiger partial charge in [-0.2, -0.15) is 0 Å². The molecule has 2 nitrogen and oxygen atoms in total. The van der Waals surface area contributed by atoms with Gasteiger partial charge in [-0.25, -0.2) is 0 Å². The van der Waals surface area contributed by atoms with Crippen LogP contribution in [0.3, 0.4) is 0 Å². The summed E-state index contributed by atoms with van der Waals surface area (Å²) in [4.78, 5) is 2.90. The molecule has 0 bridgehead atoms. The molecule has 2 saturated heterocycles. The normalized spacial score (nSPS) is 43.6. The summed E-state index contributed by atoms with van der Waals surface area (Å²) in [7, 11) is 0. The van der Waals surface area contributed by atoms with Crippen LogP contribution in [-0.4, -0.2) is 36.6 Å². The fourth-order valence-corrected chi connectivity index (χ4v) is 4.49. The first-order chi connectivity index (χ1) is 8.38. The van der Waals surface area contributed by atoms with Crippen molar-refractivity contribution in [1.82, 2.24) is 10.2 Å². The van der Waals surface area contributed by atoms with Crippen LogP contribution in [0.4, 0.5) is 0 Å². The summed E-state index contributed by atoms with van der Waals surface area (Å²) >= 11 is 0. The molecule has 0 spiro atoms. The van der Waals surface area contributed by atoms with Crippen molar-refractivity contribution in [2.75, 3.05) is 19.6 Å². The van der Waals surface area contributed by atoms with E-state index in [4.69, 9.17) is 0 Å². The zero-order chi connectivity index (χ0) is 11.7. The first-order valence-corrected chi connectivity index (χ1v) is 7.85. The van der Waals surface area contributed by atoms with Gasteiger partial charge < -0.3 is 5.32 Å². The molecule has 2 heterocycles. The average molecular weight is 236 g/mol. The molecular formula is C15H28N2. The predicted octanol–water partition coefficient (Wildman–Crippen LogP) is 2.64. The molecule has 0 aromatic rings. The van der Waals surface area contributed by atoms with Crippen LogP contribution < -0.4 is 5.32 Å². The standard InChI is InChI=1S/C15H28N2/c1-2-12-5-3-7-14(9-12)17-8-4-6-13-10-16-11-15(13)17/h12-16H,2-11H2,1H3. The molecule has 0 aromatic heterocycles. The highest BCUT2D eigenvalue weighted by molar-refractivity contribution is 4.95. The summed E-state index contributed by atoms with van der Waals surface area (Å²) in [5, 5.41) is 3.62. The van der Waals surface area contributed by atoms with Crippen LogP contribution in [0.1, 0.15) is 51.9 Å². The molecule has 0 amide bonds. The quantitative estimate of drug-likeness (QED) is 0.793. The van der Waals surface area contributed by atoms with Crippen molar-refractivity contribution in [3.8, 4) is 0 Å². The zero-order valence-electron chi connectivity index (χ0n) is 11.3. The fraction of sp³-hybridized carbons (Fsp3) is 1.00. The number of piperidine rings is 1. The lowest BCUT2D eigenvalue weighted by atomic mass is 9.81. The lowest BCUT2D eigenvalue weighted by Crippen LogP contribution is -2.51. The number of rotatable bonds is 2. The minimum absolute atomic E-state index is 0.879. The Hall–Kier alpha value is -0.0800. The Morgan fingerprint density at radius 3 is 2.94 bits per heavy atom. The van der Waals surface area contributed by atoms with Crippen LogP contribution in [0.25, 0.3) is 0 Å². The Balaban J connectivity index is 1.65. The SMILES string of the molecule is CCC1CCCC(N2CCCC3CNCC32)C1. The van der Waals surface area contributed by atoms with Gasteiger partial charge in [0, 0.05) is 18.6 Å². The number of nitrogens with zero attached hydrogens (tertiary/aromatic N) is 1. The second-order valence-electron chi connectivity index (χ2n) is 6.46. The van der Waals surface area contributed by atoms with E-state index in [0.717, 1.165) is 23.9 Å². The number of hydrogen-bond donors (Lipinski definition) is 1. The summed E-state index contributed by atoms with van der Waals surface area (Å²) in [5.74, 6) is 1.98. The molecular weight excluding hydrogens is 208 g/mol. The highest BCUT2D eigenvalue weighted by Crippen LogP contribution is 2.35.